The van der Waals surface area contributed by atoms with Crippen LogP contribution < -0.4 is 0 Å². The van der Waals surface area contributed by atoms with Crippen LogP contribution in [0.15, 0.2) is 42.5 Å². The summed E-state index contributed by atoms with van der Waals surface area (Å²) in [5, 5.41) is 12.4. The molecule has 2 atom stereocenters. The minimum absolute atomic E-state index is 0.121. The summed E-state index contributed by atoms with van der Waals surface area (Å²) in [5.41, 5.74) is 1.19. The molecule has 19 heavy (non-hydrogen) atoms. The van der Waals surface area contributed by atoms with Crippen molar-refractivity contribution in [2.24, 2.45) is 5.41 Å². The van der Waals surface area contributed by atoms with Gasteiger partial charge in [-0.3, -0.25) is 0 Å². The molecule has 1 aliphatic rings. The van der Waals surface area contributed by atoms with E-state index in [0.29, 0.717) is 0 Å². The highest BCUT2D eigenvalue weighted by atomic mass is 16.5. The van der Waals surface area contributed by atoms with Gasteiger partial charge in [0.1, 0.15) is 0 Å². The van der Waals surface area contributed by atoms with Crippen molar-refractivity contribution in [2.45, 2.75) is 25.9 Å². The van der Waals surface area contributed by atoms with E-state index in [9.17, 15) is 5.11 Å². The lowest BCUT2D eigenvalue weighted by Crippen LogP contribution is -2.35. The number of aliphatic hydroxyl groups is 1. The monoisotopic (exact) mass is 256 g/mol. The molecule has 0 aromatic heterocycles. The van der Waals surface area contributed by atoms with Gasteiger partial charge in [-0.15, -0.1) is 0 Å². The fourth-order valence-electron chi connectivity index (χ4n) is 3.14. The van der Waals surface area contributed by atoms with Crippen LogP contribution in [-0.2, 0) is 11.2 Å². The molecule has 1 fully saturated rings. The van der Waals surface area contributed by atoms with Gasteiger partial charge >= 0.3 is 0 Å². The highest BCUT2D eigenvalue weighted by Crippen LogP contribution is 2.39. The van der Waals surface area contributed by atoms with Crippen LogP contribution in [0, 0.1) is 5.41 Å². The third-order valence-electron chi connectivity index (χ3n) is 4.57. The topological polar surface area (TPSA) is 29.5 Å². The van der Waals surface area contributed by atoms with Crippen molar-refractivity contribution in [3.05, 3.63) is 48.0 Å². The van der Waals surface area contributed by atoms with Crippen LogP contribution in [0.3, 0.4) is 0 Å². The minimum atomic E-state index is -0.121. The lowest BCUT2D eigenvalue weighted by Gasteiger charge is -2.30. The molecule has 1 N–H and O–H groups in total. The second-order valence-electron chi connectivity index (χ2n) is 5.60. The third kappa shape index (κ3) is 2.15. The number of hydrogen-bond donors (Lipinski definition) is 1. The second-order valence-corrected chi connectivity index (χ2v) is 5.60. The SMILES string of the molecule is CC1OCCC1(CO)Cc1cccc2ccccc12. The first-order valence-electron chi connectivity index (χ1n) is 6.94. The Hall–Kier alpha value is -1.38. The molecular formula is C17H20O2. The van der Waals surface area contributed by atoms with Crippen molar-refractivity contribution in [2.75, 3.05) is 13.2 Å². The Morgan fingerprint density at radius 1 is 1.21 bits per heavy atom. The Labute approximate surface area is 114 Å². The second kappa shape index (κ2) is 4.95. The van der Waals surface area contributed by atoms with Gasteiger partial charge in [-0.05, 0) is 36.1 Å². The molecule has 2 nitrogen and oxygen atoms in total. The molecule has 2 aromatic rings. The van der Waals surface area contributed by atoms with Gasteiger partial charge in [0.25, 0.3) is 0 Å². The van der Waals surface area contributed by atoms with Gasteiger partial charge in [-0.2, -0.15) is 0 Å². The van der Waals surface area contributed by atoms with Crippen LogP contribution in [-0.4, -0.2) is 24.4 Å². The van der Waals surface area contributed by atoms with E-state index in [-0.39, 0.29) is 18.1 Å². The summed E-state index contributed by atoms with van der Waals surface area (Å²) in [6.45, 7) is 3.03. The maximum absolute atomic E-state index is 9.84. The number of aliphatic hydroxyl groups excluding tert-OH is 1. The van der Waals surface area contributed by atoms with Gasteiger partial charge < -0.3 is 9.84 Å². The van der Waals surface area contributed by atoms with Crippen LogP contribution >= 0.6 is 0 Å². The molecule has 0 aliphatic carbocycles. The molecule has 0 spiro atoms. The van der Waals surface area contributed by atoms with E-state index < -0.39 is 0 Å². The van der Waals surface area contributed by atoms with Crippen LogP contribution in [0.5, 0.6) is 0 Å². The van der Waals surface area contributed by atoms with Gasteiger partial charge in [-0.1, -0.05) is 42.5 Å². The first-order valence-corrected chi connectivity index (χ1v) is 6.94. The summed E-state index contributed by atoms with van der Waals surface area (Å²) in [5.74, 6) is 0. The molecule has 1 saturated heterocycles. The molecular weight excluding hydrogens is 236 g/mol. The molecule has 0 saturated carbocycles. The van der Waals surface area contributed by atoms with E-state index in [0.717, 1.165) is 19.4 Å². The summed E-state index contributed by atoms with van der Waals surface area (Å²) in [7, 11) is 0. The molecule has 2 aromatic carbocycles. The molecule has 1 aliphatic heterocycles. The van der Waals surface area contributed by atoms with Crippen molar-refractivity contribution in [3.63, 3.8) is 0 Å². The van der Waals surface area contributed by atoms with Crippen molar-refractivity contribution < 1.29 is 9.84 Å². The lowest BCUT2D eigenvalue weighted by molar-refractivity contribution is 0.0274. The predicted octanol–water partition coefficient (Wildman–Crippen LogP) is 3.17. The van der Waals surface area contributed by atoms with Crippen molar-refractivity contribution in [1.29, 1.82) is 0 Å². The summed E-state index contributed by atoms with van der Waals surface area (Å²) in [6, 6.07) is 14.9. The zero-order valence-corrected chi connectivity index (χ0v) is 11.3. The predicted molar refractivity (Wildman–Crippen MR) is 77.2 cm³/mol. The number of hydrogen-bond acceptors (Lipinski definition) is 2. The Morgan fingerprint density at radius 3 is 2.74 bits per heavy atom. The van der Waals surface area contributed by atoms with E-state index in [1.807, 2.05) is 0 Å². The van der Waals surface area contributed by atoms with Crippen molar-refractivity contribution in [3.8, 4) is 0 Å². The van der Waals surface area contributed by atoms with Crippen LogP contribution in [0.25, 0.3) is 10.8 Å². The van der Waals surface area contributed by atoms with Crippen LogP contribution in [0.1, 0.15) is 18.9 Å². The molecule has 2 heteroatoms. The number of fused-ring (bicyclic) bond motifs is 1. The molecule has 0 amide bonds. The average Bonchev–Trinajstić information content (AvgIpc) is 2.81. The fraction of sp³-hybridized carbons (Fsp3) is 0.412. The van der Waals surface area contributed by atoms with E-state index >= 15 is 0 Å². The highest BCUT2D eigenvalue weighted by molar-refractivity contribution is 5.85. The Kier molecular flexibility index (Phi) is 3.29. The molecule has 100 valence electrons. The van der Waals surface area contributed by atoms with Crippen molar-refractivity contribution >= 4 is 10.8 Å². The largest absolute Gasteiger partial charge is 0.396 e. The summed E-state index contributed by atoms with van der Waals surface area (Å²) in [4.78, 5) is 0. The Morgan fingerprint density at radius 2 is 2.00 bits per heavy atom. The Bertz CT molecular complexity index is 573. The van der Waals surface area contributed by atoms with Crippen LogP contribution in [0.4, 0.5) is 0 Å². The zero-order valence-electron chi connectivity index (χ0n) is 11.3. The normalized spacial score (nSPS) is 26.9. The smallest absolute Gasteiger partial charge is 0.0629 e. The van der Waals surface area contributed by atoms with Gasteiger partial charge in [0.05, 0.1) is 12.7 Å². The maximum Gasteiger partial charge on any atom is 0.0629 e. The summed E-state index contributed by atoms with van der Waals surface area (Å²) < 4.78 is 5.68. The number of benzene rings is 2. The summed E-state index contributed by atoms with van der Waals surface area (Å²) in [6.07, 6.45) is 1.94. The molecule has 2 unspecified atom stereocenters. The molecule has 0 radical (unpaired) electrons. The average molecular weight is 256 g/mol. The number of ether oxygens (including phenoxy) is 1. The van der Waals surface area contributed by atoms with E-state index in [1.54, 1.807) is 0 Å². The summed E-state index contributed by atoms with van der Waals surface area (Å²) >= 11 is 0. The number of rotatable bonds is 3. The fourth-order valence-corrected chi connectivity index (χ4v) is 3.14. The van der Waals surface area contributed by atoms with E-state index in [4.69, 9.17) is 4.74 Å². The molecule has 3 rings (SSSR count). The van der Waals surface area contributed by atoms with Crippen molar-refractivity contribution in [1.82, 2.24) is 0 Å². The first kappa shape index (κ1) is 12.6. The van der Waals surface area contributed by atoms with E-state index in [1.165, 1.54) is 16.3 Å². The van der Waals surface area contributed by atoms with Gasteiger partial charge in [0.15, 0.2) is 0 Å². The lowest BCUT2D eigenvalue weighted by atomic mass is 9.76. The third-order valence-corrected chi connectivity index (χ3v) is 4.57. The molecule has 1 heterocycles. The van der Waals surface area contributed by atoms with Gasteiger partial charge in [0, 0.05) is 12.0 Å². The zero-order chi connectivity index (χ0) is 13.3. The Balaban J connectivity index is 2.01. The van der Waals surface area contributed by atoms with Gasteiger partial charge in [-0.25, -0.2) is 0 Å². The van der Waals surface area contributed by atoms with E-state index in [2.05, 4.69) is 49.4 Å². The first-order chi connectivity index (χ1) is 9.25. The maximum atomic E-state index is 9.84. The van der Waals surface area contributed by atoms with Gasteiger partial charge in [0.2, 0.25) is 0 Å². The standard InChI is InChI=1S/C17H20O2/c1-13-17(12-18,9-10-19-13)11-15-7-4-6-14-5-2-3-8-16(14)15/h2-8,13,18H,9-12H2,1H3. The minimum Gasteiger partial charge on any atom is -0.396 e. The highest BCUT2D eigenvalue weighted by Gasteiger charge is 2.41. The van der Waals surface area contributed by atoms with Crippen LogP contribution in [0.2, 0.25) is 0 Å². The quantitative estimate of drug-likeness (QED) is 0.914. The molecule has 0 bridgehead atoms.